The number of aromatic nitrogens is 2. The van der Waals surface area contributed by atoms with Gasteiger partial charge in [0, 0.05) is 12.9 Å². The van der Waals surface area contributed by atoms with E-state index in [9.17, 15) is 0 Å². The van der Waals surface area contributed by atoms with Crippen molar-refractivity contribution in [2.24, 2.45) is 13.0 Å². The third-order valence-corrected chi connectivity index (χ3v) is 4.59. The number of hydrogen-bond acceptors (Lipinski definition) is 2. The van der Waals surface area contributed by atoms with Crippen molar-refractivity contribution in [1.29, 1.82) is 0 Å². The molecule has 0 saturated heterocycles. The second kappa shape index (κ2) is 7.19. The predicted octanol–water partition coefficient (Wildman–Crippen LogP) is 4.03. The lowest BCUT2D eigenvalue weighted by molar-refractivity contribution is 0.405. The van der Waals surface area contributed by atoms with Crippen LogP contribution in [0.2, 0.25) is 5.02 Å². The Labute approximate surface area is 135 Å². The van der Waals surface area contributed by atoms with Gasteiger partial charge in [0.05, 0.1) is 23.5 Å². The molecule has 0 aliphatic carbocycles. The molecular formula is C16H20Cl2N2O. The zero-order valence-electron chi connectivity index (χ0n) is 12.6. The third kappa shape index (κ3) is 3.72. The highest BCUT2D eigenvalue weighted by Crippen LogP contribution is 2.27. The van der Waals surface area contributed by atoms with Crippen LogP contribution < -0.4 is 4.74 Å². The molecule has 0 bridgehead atoms. The fourth-order valence-corrected chi connectivity index (χ4v) is 2.99. The van der Waals surface area contributed by atoms with Crippen LogP contribution in [0.5, 0.6) is 5.75 Å². The zero-order valence-corrected chi connectivity index (χ0v) is 14.1. The topological polar surface area (TPSA) is 27.1 Å². The van der Waals surface area contributed by atoms with Gasteiger partial charge in [-0.25, -0.2) is 0 Å². The van der Waals surface area contributed by atoms with Crippen molar-refractivity contribution in [3.8, 4) is 5.75 Å². The number of methoxy groups -OCH3 is 1. The maximum absolute atomic E-state index is 6.33. The van der Waals surface area contributed by atoms with Crippen LogP contribution >= 0.6 is 23.2 Å². The summed E-state index contributed by atoms with van der Waals surface area (Å²) in [6.45, 7) is 1.92. The minimum Gasteiger partial charge on any atom is -0.496 e. The van der Waals surface area contributed by atoms with E-state index in [4.69, 9.17) is 27.9 Å². The maximum Gasteiger partial charge on any atom is 0.122 e. The van der Waals surface area contributed by atoms with Gasteiger partial charge in [-0.1, -0.05) is 29.8 Å². The second-order valence-corrected chi connectivity index (χ2v) is 5.90. The number of ether oxygens (including phenoxy) is 1. The summed E-state index contributed by atoms with van der Waals surface area (Å²) in [5.41, 5.74) is 3.06. The summed E-state index contributed by atoms with van der Waals surface area (Å²) in [6.07, 6.45) is 1.66. The number of alkyl halides is 1. The molecule has 114 valence electrons. The zero-order chi connectivity index (χ0) is 15.4. The van der Waals surface area contributed by atoms with Gasteiger partial charge in [-0.15, -0.1) is 11.6 Å². The Hall–Kier alpha value is -1.19. The van der Waals surface area contributed by atoms with E-state index in [1.807, 2.05) is 36.9 Å². The lowest BCUT2D eigenvalue weighted by Gasteiger charge is -2.16. The molecule has 1 aromatic carbocycles. The summed E-state index contributed by atoms with van der Waals surface area (Å²) >= 11 is 12.5. The number of halogens is 2. The minimum absolute atomic E-state index is 0.287. The highest BCUT2D eigenvalue weighted by molar-refractivity contribution is 6.31. The van der Waals surface area contributed by atoms with Crippen LogP contribution in [0.4, 0.5) is 0 Å². The average molecular weight is 327 g/mol. The molecular weight excluding hydrogens is 307 g/mol. The van der Waals surface area contributed by atoms with E-state index < -0.39 is 0 Å². The van der Waals surface area contributed by atoms with Crippen LogP contribution in [0, 0.1) is 12.8 Å². The monoisotopic (exact) mass is 326 g/mol. The molecule has 0 spiro atoms. The van der Waals surface area contributed by atoms with Gasteiger partial charge in [0.1, 0.15) is 5.75 Å². The summed E-state index contributed by atoms with van der Waals surface area (Å²) < 4.78 is 7.25. The smallest absolute Gasteiger partial charge is 0.122 e. The first kappa shape index (κ1) is 16.2. The standard InChI is InChI=1S/C16H20Cl2N2O/c1-11-16(18)14(20(2)19-11)9-12(10-17)8-13-6-4-5-7-15(13)21-3/h4-7,12H,8-10H2,1-3H3. The van der Waals surface area contributed by atoms with Crippen LogP contribution in [0.1, 0.15) is 17.0 Å². The van der Waals surface area contributed by atoms with Crippen molar-refractivity contribution in [3.63, 3.8) is 0 Å². The molecule has 0 amide bonds. The van der Waals surface area contributed by atoms with Crippen LogP contribution in [-0.4, -0.2) is 22.8 Å². The van der Waals surface area contributed by atoms with Crippen LogP contribution in [-0.2, 0) is 19.9 Å². The van der Waals surface area contributed by atoms with Gasteiger partial charge in [0.15, 0.2) is 0 Å². The van der Waals surface area contributed by atoms with Crippen molar-refractivity contribution in [2.75, 3.05) is 13.0 Å². The number of para-hydroxylation sites is 1. The number of rotatable bonds is 6. The van der Waals surface area contributed by atoms with Gasteiger partial charge in [0.2, 0.25) is 0 Å². The summed E-state index contributed by atoms with van der Waals surface area (Å²) in [6, 6.07) is 8.04. The molecule has 0 fully saturated rings. The molecule has 5 heteroatoms. The van der Waals surface area contributed by atoms with Gasteiger partial charge in [-0.3, -0.25) is 4.68 Å². The van der Waals surface area contributed by atoms with Crippen molar-refractivity contribution >= 4 is 23.2 Å². The lowest BCUT2D eigenvalue weighted by atomic mass is 9.95. The molecule has 1 heterocycles. The Kier molecular flexibility index (Phi) is 5.54. The van der Waals surface area contributed by atoms with E-state index in [0.717, 1.165) is 35.0 Å². The molecule has 0 aliphatic rings. The molecule has 2 aromatic rings. The first-order valence-corrected chi connectivity index (χ1v) is 7.83. The molecule has 21 heavy (non-hydrogen) atoms. The van der Waals surface area contributed by atoms with E-state index in [-0.39, 0.29) is 5.92 Å². The molecule has 0 aliphatic heterocycles. The van der Waals surface area contributed by atoms with E-state index in [1.165, 1.54) is 5.56 Å². The first-order chi connectivity index (χ1) is 10.1. The highest BCUT2D eigenvalue weighted by Gasteiger charge is 2.18. The molecule has 1 atom stereocenters. The molecule has 0 radical (unpaired) electrons. The Balaban J connectivity index is 2.17. The fraction of sp³-hybridized carbons (Fsp3) is 0.438. The number of hydrogen-bond donors (Lipinski definition) is 0. The van der Waals surface area contributed by atoms with Gasteiger partial charge < -0.3 is 4.74 Å². The first-order valence-electron chi connectivity index (χ1n) is 6.92. The fourth-order valence-electron chi connectivity index (χ4n) is 2.54. The largest absolute Gasteiger partial charge is 0.496 e. The van der Waals surface area contributed by atoms with Crippen molar-refractivity contribution in [1.82, 2.24) is 9.78 Å². The quantitative estimate of drug-likeness (QED) is 0.749. The SMILES string of the molecule is COc1ccccc1CC(CCl)Cc1c(Cl)c(C)nn1C. The normalized spacial score (nSPS) is 12.4. The van der Waals surface area contributed by atoms with Crippen LogP contribution in [0.15, 0.2) is 24.3 Å². The van der Waals surface area contributed by atoms with Crippen molar-refractivity contribution < 1.29 is 4.74 Å². The summed E-state index contributed by atoms with van der Waals surface area (Å²) in [5, 5.41) is 5.10. The summed E-state index contributed by atoms with van der Waals surface area (Å²) in [4.78, 5) is 0. The Bertz CT molecular complexity index is 610. The Morgan fingerprint density at radius 3 is 2.57 bits per heavy atom. The minimum atomic E-state index is 0.287. The molecule has 0 N–H and O–H groups in total. The number of nitrogens with zero attached hydrogens (tertiary/aromatic N) is 2. The van der Waals surface area contributed by atoms with E-state index in [0.29, 0.717) is 5.88 Å². The Morgan fingerprint density at radius 2 is 2.00 bits per heavy atom. The van der Waals surface area contributed by atoms with Crippen molar-refractivity contribution in [2.45, 2.75) is 19.8 Å². The highest BCUT2D eigenvalue weighted by atomic mass is 35.5. The van der Waals surface area contributed by atoms with Crippen LogP contribution in [0.3, 0.4) is 0 Å². The van der Waals surface area contributed by atoms with Crippen LogP contribution in [0.25, 0.3) is 0 Å². The lowest BCUT2D eigenvalue weighted by Crippen LogP contribution is -2.13. The summed E-state index contributed by atoms with van der Waals surface area (Å²) in [5.74, 6) is 1.76. The number of benzene rings is 1. The third-order valence-electron chi connectivity index (χ3n) is 3.66. The van der Waals surface area contributed by atoms with Crippen molar-refractivity contribution in [3.05, 3.63) is 46.2 Å². The van der Waals surface area contributed by atoms with Gasteiger partial charge in [0.25, 0.3) is 0 Å². The van der Waals surface area contributed by atoms with Gasteiger partial charge >= 0.3 is 0 Å². The second-order valence-electron chi connectivity index (χ2n) is 5.21. The molecule has 1 unspecified atom stereocenters. The van der Waals surface area contributed by atoms with Gasteiger partial charge in [-0.2, -0.15) is 5.10 Å². The average Bonchev–Trinajstić information content (AvgIpc) is 2.73. The number of aryl methyl sites for hydroxylation is 2. The predicted molar refractivity (Wildman–Crippen MR) is 87.6 cm³/mol. The van der Waals surface area contributed by atoms with E-state index in [1.54, 1.807) is 7.11 Å². The summed E-state index contributed by atoms with van der Waals surface area (Å²) in [7, 11) is 3.61. The van der Waals surface area contributed by atoms with E-state index in [2.05, 4.69) is 11.2 Å². The molecule has 1 aromatic heterocycles. The molecule has 3 nitrogen and oxygen atoms in total. The van der Waals surface area contributed by atoms with E-state index >= 15 is 0 Å². The van der Waals surface area contributed by atoms with Gasteiger partial charge in [-0.05, 0) is 37.3 Å². The molecule has 0 saturated carbocycles. The maximum atomic E-state index is 6.33. The molecule has 2 rings (SSSR count). The Morgan fingerprint density at radius 1 is 1.29 bits per heavy atom.